The van der Waals surface area contributed by atoms with E-state index >= 15 is 0 Å². The number of rotatable bonds is 6. The van der Waals surface area contributed by atoms with Gasteiger partial charge in [0, 0.05) is 37.6 Å². The number of likely N-dealkylation sites (tertiary alicyclic amines) is 1. The zero-order valence-corrected chi connectivity index (χ0v) is 17.2. The fourth-order valence-corrected chi connectivity index (χ4v) is 3.76. The summed E-state index contributed by atoms with van der Waals surface area (Å²) >= 11 is 1.37. The van der Waals surface area contributed by atoms with E-state index in [4.69, 9.17) is 5.73 Å². The number of benzene rings is 1. The van der Waals surface area contributed by atoms with Crippen LogP contribution in [0.4, 0.5) is 5.69 Å². The number of amides is 2. The van der Waals surface area contributed by atoms with Gasteiger partial charge in [0.1, 0.15) is 12.0 Å². The van der Waals surface area contributed by atoms with E-state index in [-0.39, 0.29) is 22.9 Å². The van der Waals surface area contributed by atoms with Gasteiger partial charge in [-0.1, -0.05) is 23.9 Å². The van der Waals surface area contributed by atoms with Crippen molar-refractivity contribution in [3.63, 3.8) is 0 Å². The average molecular weight is 424 g/mol. The number of thioether (sulfide) groups is 1. The molecule has 2 aromatic heterocycles. The largest absolute Gasteiger partial charge is 0.339 e. The molecule has 1 fully saturated rings. The van der Waals surface area contributed by atoms with Crippen LogP contribution in [0.25, 0.3) is 0 Å². The Hall–Kier alpha value is -3.24. The molecule has 1 atom stereocenters. The summed E-state index contributed by atoms with van der Waals surface area (Å²) < 4.78 is 1.79. The topological polar surface area (TPSA) is 119 Å². The first-order chi connectivity index (χ1) is 14.5. The lowest BCUT2D eigenvalue weighted by Crippen LogP contribution is -2.42. The van der Waals surface area contributed by atoms with Gasteiger partial charge in [-0.2, -0.15) is 0 Å². The number of nitrogens with one attached hydrogen (secondary N) is 1. The van der Waals surface area contributed by atoms with Crippen molar-refractivity contribution in [1.82, 2.24) is 24.6 Å². The van der Waals surface area contributed by atoms with Gasteiger partial charge >= 0.3 is 0 Å². The van der Waals surface area contributed by atoms with E-state index in [9.17, 15) is 9.59 Å². The van der Waals surface area contributed by atoms with Crippen LogP contribution >= 0.6 is 11.8 Å². The Kier molecular flexibility index (Phi) is 5.77. The Morgan fingerprint density at radius 3 is 2.77 bits per heavy atom. The molecule has 1 aliphatic heterocycles. The monoisotopic (exact) mass is 423 g/mol. The quantitative estimate of drug-likeness (QED) is 0.460. The van der Waals surface area contributed by atoms with Crippen LogP contribution in [0.3, 0.4) is 0 Å². The fourth-order valence-electron chi connectivity index (χ4n) is 2.94. The molecule has 30 heavy (non-hydrogen) atoms. The number of aryl methyl sites for hydroxylation is 1. The summed E-state index contributed by atoms with van der Waals surface area (Å²) in [5, 5.41) is 11.0. The molecule has 9 nitrogen and oxygen atoms in total. The highest BCUT2D eigenvalue weighted by molar-refractivity contribution is 7.99. The highest BCUT2D eigenvalue weighted by Crippen LogP contribution is 2.30. The van der Waals surface area contributed by atoms with Crippen LogP contribution in [0.5, 0.6) is 0 Å². The van der Waals surface area contributed by atoms with Crippen LogP contribution in [-0.2, 0) is 7.05 Å². The van der Waals surface area contributed by atoms with Crippen molar-refractivity contribution in [2.75, 3.05) is 18.4 Å². The van der Waals surface area contributed by atoms with Gasteiger partial charge in [-0.05, 0) is 36.2 Å². The molecule has 1 aromatic carbocycles. The summed E-state index contributed by atoms with van der Waals surface area (Å²) in [7, 11) is 1.85. The Morgan fingerprint density at radius 1 is 1.23 bits per heavy atom. The number of aromatic nitrogens is 4. The minimum absolute atomic E-state index is 0.0773. The summed E-state index contributed by atoms with van der Waals surface area (Å²) in [5.41, 5.74) is 8.35. The molecule has 3 N–H and O–H groups in total. The van der Waals surface area contributed by atoms with Gasteiger partial charge in [0.2, 0.25) is 0 Å². The van der Waals surface area contributed by atoms with E-state index in [2.05, 4.69) is 20.5 Å². The first kappa shape index (κ1) is 20.0. The predicted octanol–water partition coefficient (Wildman–Crippen LogP) is 2.06. The lowest BCUT2D eigenvalue weighted by Gasteiger charge is -2.30. The Balaban J connectivity index is 1.45. The minimum Gasteiger partial charge on any atom is -0.339 e. The van der Waals surface area contributed by atoms with Crippen LogP contribution in [-0.4, -0.2) is 49.6 Å². The van der Waals surface area contributed by atoms with Crippen LogP contribution in [0.2, 0.25) is 0 Å². The lowest BCUT2D eigenvalue weighted by atomic mass is 10.1. The highest BCUT2D eigenvalue weighted by atomic mass is 32.2. The molecule has 154 valence electrons. The van der Waals surface area contributed by atoms with E-state index in [0.29, 0.717) is 16.4 Å². The molecule has 0 aliphatic carbocycles. The number of anilines is 1. The van der Waals surface area contributed by atoms with Gasteiger partial charge < -0.3 is 20.5 Å². The minimum atomic E-state index is -0.389. The maximum Gasteiger partial charge on any atom is 0.274 e. The van der Waals surface area contributed by atoms with E-state index in [0.717, 1.165) is 25.1 Å². The van der Waals surface area contributed by atoms with Crippen molar-refractivity contribution in [3.8, 4) is 0 Å². The smallest absolute Gasteiger partial charge is 0.274 e. The van der Waals surface area contributed by atoms with Crippen molar-refractivity contribution < 1.29 is 9.59 Å². The predicted molar refractivity (Wildman–Crippen MR) is 113 cm³/mol. The van der Waals surface area contributed by atoms with Gasteiger partial charge in [0.05, 0.1) is 5.37 Å². The third kappa shape index (κ3) is 4.34. The van der Waals surface area contributed by atoms with Gasteiger partial charge in [-0.15, -0.1) is 10.2 Å². The van der Waals surface area contributed by atoms with Crippen molar-refractivity contribution in [1.29, 1.82) is 0 Å². The summed E-state index contributed by atoms with van der Waals surface area (Å²) in [4.78, 5) is 30.9. The number of carbonyl (C=O) groups is 2. The van der Waals surface area contributed by atoms with Crippen LogP contribution in [0, 0.1) is 0 Å². The normalized spacial score (nSPS) is 14.1. The van der Waals surface area contributed by atoms with E-state index in [1.54, 1.807) is 34.0 Å². The molecular weight excluding hydrogens is 402 g/mol. The summed E-state index contributed by atoms with van der Waals surface area (Å²) in [6.07, 6.45) is 4.10. The Bertz CT molecular complexity index is 1080. The summed E-state index contributed by atoms with van der Waals surface area (Å²) in [6.45, 7) is 1.50. The fraction of sp³-hybridized carbons (Fsp3) is 0.250. The number of carbonyl (C=O) groups excluding carboxylic acids is 2. The first-order valence-electron chi connectivity index (χ1n) is 9.44. The van der Waals surface area contributed by atoms with Crippen LogP contribution in [0.1, 0.15) is 38.2 Å². The van der Waals surface area contributed by atoms with Gasteiger partial charge in [0.25, 0.3) is 11.8 Å². The van der Waals surface area contributed by atoms with Crippen LogP contribution < -0.4 is 11.1 Å². The molecule has 0 spiro atoms. The molecule has 1 aliphatic rings. The molecule has 0 saturated carbocycles. The third-order valence-corrected chi connectivity index (χ3v) is 5.86. The molecule has 0 unspecified atom stereocenters. The molecule has 2 amide bonds. The van der Waals surface area contributed by atoms with Crippen LogP contribution in [0.15, 0.2) is 54.1 Å². The second-order valence-electron chi connectivity index (χ2n) is 6.92. The second kappa shape index (κ2) is 8.64. The molecule has 10 heteroatoms. The SMILES string of the molecule is Cn1cnnc1S[C@@H](N)c1cccc(NC(=O)c2cc(C(=O)N3CCC3)ccn2)c1. The van der Waals surface area contributed by atoms with Crippen molar-refractivity contribution in [3.05, 3.63) is 65.7 Å². The third-order valence-electron chi connectivity index (χ3n) is 4.76. The zero-order valence-electron chi connectivity index (χ0n) is 16.4. The maximum atomic E-state index is 12.7. The van der Waals surface area contributed by atoms with E-state index < -0.39 is 0 Å². The van der Waals surface area contributed by atoms with Crippen molar-refractivity contribution >= 4 is 29.3 Å². The van der Waals surface area contributed by atoms with Gasteiger partial charge in [-0.3, -0.25) is 14.6 Å². The van der Waals surface area contributed by atoms with Crippen molar-refractivity contribution in [2.45, 2.75) is 17.0 Å². The zero-order chi connectivity index (χ0) is 21.1. The molecule has 0 bridgehead atoms. The number of pyridine rings is 1. The van der Waals surface area contributed by atoms with E-state index in [1.807, 2.05) is 19.2 Å². The lowest BCUT2D eigenvalue weighted by molar-refractivity contribution is 0.0651. The molecule has 3 aromatic rings. The highest BCUT2D eigenvalue weighted by Gasteiger charge is 2.22. The molecule has 4 rings (SSSR count). The maximum absolute atomic E-state index is 12.7. The Labute approximate surface area is 177 Å². The first-order valence-corrected chi connectivity index (χ1v) is 10.3. The van der Waals surface area contributed by atoms with Gasteiger partial charge in [0.15, 0.2) is 5.16 Å². The number of hydrogen-bond acceptors (Lipinski definition) is 7. The number of nitrogens with zero attached hydrogens (tertiary/aromatic N) is 5. The summed E-state index contributed by atoms with van der Waals surface area (Å²) in [5.74, 6) is -0.466. The standard InChI is InChI=1S/C20H21N7O2S/c1-26-12-23-25-20(26)30-17(21)13-4-2-5-15(10-13)24-18(28)16-11-14(6-7-22-16)19(29)27-8-3-9-27/h2,4-7,10-12,17H,3,8-9,21H2,1H3,(H,24,28)/t17-/m1/s1. The molecule has 1 saturated heterocycles. The number of hydrogen-bond donors (Lipinski definition) is 2. The van der Waals surface area contributed by atoms with E-state index in [1.165, 1.54) is 24.0 Å². The number of nitrogens with two attached hydrogens (primary N) is 1. The van der Waals surface area contributed by atoms with Crippen molar-refractivity contribution in [2.24, 2.45) is 12.8 Å². The average Bonchev–Trinajstić information content (AvgIpc) is 3.11. The molecular formula is C20H21N7O2S. The molecule has 0 radical (unpaired) electrons. The van der Waals surface area contributed by atoms with Gasteiger partial charge in [-0.25, -0.2) is 0 Å². The second-order valence-corrected chi connectivity index (χ2v) is 8.03. The summed E-state index contributed by atoms with van der Waals surface area (Å²) in [6, 6.07) is 10.4. The Morgan fingerprint density at radius 2 is 2.07 bits per heavy atom. The molecule has 3 heterocycles.